The number of halogens is 6. The van der Waals surface area contributed by atoms with E-state index in [4.69, 9.17) is 24.4 Å². The van der Waals surface area contributed by atoms with Crippen molar-refractivity contribution >= 4 is 48.4 Å². The molecular formula is C46H54B2F6N2O6. The van der Waals surface area contributed by atoms with E-state index in [0.29, 0.717) is 17.7 Å². The van der Waals surface area contributed by atoms with E-state index in [9.17, 15) is 35.9 Å². The van der Waals surface area contributed by atoms with Crippen LogP contribution in [0.25, 0.3) is 0 Å². The molecule has 2 aliphatic rings. The Bertz CT molecular complexity index is 2190. The van der Waals surface area contributed by atoms with Crippen molar-refractivity contribution in [1.29, 1.82) is 0 Å². The van der Waals surface area contributed by atoms with Crippen LogP contribution in [0, 0.1) is 0 Å². The number of benzene rings is 4. The molecule has 2 fully saturated rings. The summed E-state index contributed by atoms with van der Waals surface area (Å²) in [6.07, 6.45) is -6.45. The highest BCUT2D eigenvalue weighted by Crippen LogP contribution is 2.38. The highest BCUT2D eigenvalue weighted by atomic mass is 19.4. The number of carbonyl (C=O) groups is 1. The highest BCUT2D eigenvalue weighted by molar-refractivity contribution is 6.62. The fourth-order valence-corrected chi connectivity index (χ4v) is 6.50. The first kappa shape index (κ1) is 49.9. The molecule has 0 aliphatic carbocycles. The summed E-state index contributed by atoms with van der Waals surface area (Å²) in [6.45, 7) is 19.3. The Hall–Kier alpha value is -4.72. The lowest BCUT2D eigenvalue weighted by atomic mass is 9.78. The van der Waals surface area contributed by atoms with Crippen LogP contribution in [0.5, 0.6) is 0 Å². The topological polar surface area (TPSA) is 109 Å². The third-order valence-corrected chi connectivity index (χ3v) is 11.6. The number of nitrogens with zero attached hydrogens (tertiary/aromatic N) is 1. The van der Waals surface area contributed by atoms with Gasteiger partial charge in [-0.15, -0.1) is 0 Å². The molecule has 0 spiro atoms. The molecule has 332 valence electrons. The van der Waals surface area contributed by atoms with Crippen LogP contribution in [0.1, 0.15) is 103 Å². The number of aliphatic imine (C=N–C) groups is 1. The standard InChI is InChI=1S/C24H28BF3O3.C13H16BNO3.C9H10F3N/c1-6-18-10-7-17(15-21(18)24(26,27)28)14-20(29)13-16-8-11-19(12-9-16)25-30-22(2,3)23(4,5)31-25;1-12(2)13(3,4)18-14(17-12)10-5-7-11(8-6-10)15-9-16;1-2-6-3-4-7(13)5-8(6)9(10,11)12/h7-12,15H,6,13-14H2,1-5H3;5-8H,1-4H3;3-5H,2,13H2,1H3. The first-order valence-electron chi connectivity index (χ1n) is 20.3. The first-order chi connectivity index (χ1) is 28.6. The van der Waals surface area contributed by atoms with Crippen LogP contribution in [0.3, 0.4) is 0 Å². The van der Waals surface area contributed by atoms with Gasteiger partial charge in [0.15, 0.2) is 0 Å². The van der Waals surface area contributed by atoms with Crippen LogP contribution < -0.4 is 16.7 Å². The Morgan fingerprint density at radius 1 is 0.597 bits per heavy atom. The summed E-state index contributed by atoms with van der Waals surface area (Å²) in [5.74, 6) is -0.138. The molecule has 0 saturated carbocycles. The van der Waals surface area contributed by atoms with Gasteiger partial charge in [-0.3, -0.25) is 4.79 Å². The number of rotatable bonds is 9. The summed E-state index contributed by atoms with van der Waals surface area (Å²) in [5, 5.41) is 0. The maximum Gasteiger partial charge on any atom is 0.494 e. The van der Waals surface area contributed by atoms with E-state index in [2.05, 4.69) is 4.99 Å². The van der Waals surface area contributed by atoms with Crippen molar-refractivity contribution < 1.29 is 54.5 Å². The van der Waals surface area contributed by atoms with Gasteiger partial charge in [-0.25, -0.2) is 4.79 Å². The molecule has 0 unspecified atom stereocenters. The summed E-state index contributed by atoms with van der Waals surface area (Å²) in [6, 6.07) is 22.6. The average Bonchev–Trinajstić information content (AvgIpc) is 3.54. The van der Waals surface area contributed by atoms with Gasteiger partial charge in [-0.1, -0.05) is 68.4 Å². The molecule has 0 amide bonds. The number of hydrogen-bond acceptors (Lipinski definition) is 8. The zero-order valence-corrected chi connectivity index (χ0v) is 36.8. The molecule has 16 heteroatoms. The van der Waals surface area contributed by atoms with E-state index in [0.717, 1.165) is 28.6 Å². The number of aryl methyl sites for hydroxylation is 2. The number of ketones is 1. The molecule has 2 heterocycles. The molecular weight excluding hydrogens is 812 g/mol. The van der Waals surface area contributed by atoms with Gasteiger partial charge in [0.25, 0.3) is 0 Å². The van der Waals surface area contributed by atoms with E-state index >= 15 is 0 Å². The number of anilines is 1. The molecule has 8 nitrogen and oxygen atoms in total. The van der Waals surface area contributed by atoms with Gasteiger partial charge < -0.3 is 24.4 Å². The van der Waals surface area contributed by atoms with Crippen molar-refractivity contribution in [3.05, 3.63) is 118 Å². The Kier molecular flexibility index (Phi) is 15.6. The smallest absolute Gasteiger partial charge is 0.399 e. The molecule has 0 bridgehead atoms. The molecule has 4 aromatic carbocycles. The summed E-state index contributed by atoms with van der Waals surface area (Å²) in [7, 11) is -0.864. The fraction of sp³-hybridized carbons (Fsp3) is 0.435. The summed E-state index contributed by atoms with van der Waals surface area (Å²) in [4.78, 5) is 26.2. The normalized spacial score (nSPS) is 17.3. The minimum Gasteiger partial charge on any atom is -0.399 e. The molecule has 0 atom stereocenters. The second-order valence-electron chi connectivity index (χ2n) is 17.2. The van der Waals surface area contributed by atoms with Crippen molar-refractivity contribution in [3.63, 3.8) is 0 Å². The summed E-state index contributed by atoms with van der Waals surface area (Å²) >= 11 is 0. The van der Waals surface area contributed by atoms with Crippen molar-refractivity contribution in [1.82, 2.24) is 0 Å². The predicted molar refractivity (Wildman–Crippen MR) is 231 cm³/mol. The van der Waals surface area contributed by atoms with Gasteiger partial charge in [0.2, 0.25) is 6.08 Å². The molecule has 2 aliphatic heterocycles. The van der Waals surface area contributed by atoms with Crippen LogP contribution >= 0.6 is 0 Å². The van der Waals surface area contributed by atoms with Gasteiger partial charge in [0, 0.05) is 18.5 Å². The van der Waals surface area contributed by atoms with E-state index in [1.807, 2.05) is 91.8 Å². The quantitative estimate of drug-likeness (QED) is 0.0587. The monoisotopic (exact) mass is 866 g/mol. The Morgan fingerprint density at radius 2 is 0.968 bits per heavy atom. The highest BCUT2D eigenvalue weighted by Gasteiger charge is 2.52. The van der Waals surface area contributed by atoms with E-state index in [1.165, 1.54) is 24.3 Å². The lowest BCUT2D eigenvalue weighted by Gasteiger charge is -2.32. The van der Waals surface area contributed by atoms with Gasteiger partial charge in [-0.2, -0.15) is 31.3 Å². The van der Waals surface area contributed by atoms with Gasteiger partial charge in [0.1, 0.15) is 5.78 Å². The molecule has 62 heavy (non-hydrogen) atoms. The van der Waals surface area contributed by atoms with Crippen LogP contribution in [-0.4, -0.2) is 48.5 Å². The number of nitrogen functional groups attached to an aromatic ring is 1. The number of carbonyl (C=O) groups excluding carboxylic acids is 2. The third-order valence-electron chi connectivity index (χ3n) is 11.6. The number of alkyl halides is 6. The molecule has 6 rings (SSSR count). The minimum atomic E-state index is -4.42. The van der Waals surface area contributed by atoms with E-state index < -0.39 is 41.8 Å². The second kappa shape index (κ2) is 19.3. The summed E-state index contributed by atoms with van der Waals surface area (Å²) < 4.78 is 101. The molecule has 0 radical (unpaired) electrons. The third kappa shape index (κ3) is 12.5. The van der Waals surface area contributed by atoms with Crippen LogP contribution in [-0.2, 0) is 66.2 Å². The number of isocyanates is 1. The van der Waals surface area contributed by atoms with Crippen LogP contribution in [0.2, 0.25) is 0 Å². The predicted octanol–water partition coefficient (Wildman–Crippen LogP) is 9.72. The van der Waals surface area contributed by atoms with Gasteiger partial charge in [-0.05, 0) is 132 Å². The molecule has 0 aromatic heterocycles. The fourth-order valence-electron chi connectivity index (χ4n) is 6.50. The van der Waals surface area contributed by atoms with Crippen LogP contribution in [0.4, 0.5) is 37.7 Å². The van der Waals surface area contributed by atoms with Gasteiger partial charge >= 0.3 is 26.6 Å². The Labute approximate surface area is 360 Å². The molecule has 2 saturated heterocycles. The average molecular weight is 867 g/mol. The number of Topliss-reactive ketones (excluding diaryl/α,β-unsaturated/α-hetero) is 1. The lowest BCUT2D eigenvalue weighted by molar-refractivity contribution is -0.139. The zero-order valence-electron chi connectivity index (χ0n) is 36.8. The molecule has 2 N–H and O–H groups in total. The van der Waals surface area contributed by atoms with E-state index in [-0.39, 0.29) is 60.2 Å². The van der Waals surface area contributed by atoms with E-state index in [1.54, 1.807) is 32.0 Å². The second-order valence-corrected chi connectivity index (χ2v) is 17.2. The number of nitrogens with two attached hydrogens (primary N) is 1. The van der Waals surface area contributed by atoms with Crippen molar-refractivity contribution in [2.24, 2.45) is 4.99 Å². The SMILES string of the molecule is CC1(C)OB(c2ccc(N=C=O)cc2)OC1(C)C.CCc1ccc(CC(=O)Cc2ccc(B3OC(C)(C)C(C)(C)O3)cc2)cc1C(F)(F)F.CCc1ccc(N)cc1C(F)(F)F. The van der Waals surface area contributed by atoms with Gasteiger partial charge in [0.05, 0.1) is 39.2 Å². The molecule has 4 aromatic rings. The maximum atomic E-state index is 13.3. The Morgan fingerprint density at radius 3 is 1.37 bits per heavy atom. The number of hydrogen-bond donors (Lipinski definition) is 1. The largest absolute Gasteiger partial charge is 0.494 e. The first-order valence-corrected chi connectivity index (χ1v) is 20.3. The van der Waals surface area contributed by atoms with Crippen molar-refractivity contribution in [2.75, 3.05) is 5.73 Å². The van der Waals surface area contributed by atoms with Crippen molar-refractivity contribution in [3.8, 4) is 0 Å². The minimum absolute atomic E-state index is 0.0357. The Balaban J connectivity index is 0.000000229. The lowest BCUT2D eigenvalue weighted by Crippen LogP contribution is -2.41. The van der Waals surface area contributed by atoms with Crippen molar-refractivity contribution in [2.45, 2.75) is 130 Å². The zero-order chi connectivity index (χ0) is 46.5. The maximum absolute atomic E-state index is 13.3. The van der Waals surface area contributed by atoms with Crippen LogP contribution in [0.15, 0.2) is 89.9 Å². The summed E-state index contributed by atoms with van der Waals surface area (Å²) in [5.41, 5.74) is 6.60.